The highest BCUT2D eigenvalue weighted by Crippen LogP contribution is 2.11. The number of carboxylic acids is 1. The van der Waals surface area contributed by atoms with Crippen molar-refractivity contribution in [2.75, 3.05) is 11.9 Å². The van der Waals surface area contributed by atoms with Crippen LogP contribution in [-0.4, -0.2) is 34.7 Å². The second-order valence-electron chi connectivity index (χ2n) is 3.48. The lowest BCUT2D eigenvalue weighted by atomic mass is 10.3. The lowest BCUT2D eigenvalue weighted by molar-refractivity contribution is -0.138. The van der Waals surface area contributed by atoms with Gasteiger partial charge in [0.2, 0.25) is 5.88 Å². The molecule has 0 spiro atoms. The van der Waals surface area contributed by atoms with E-state index in [0.29, 0.717) is 18.2 Å². The zero-order valence-electron chi connectivity index (χ0n) is 10.1. The van der Waals surface area contributed by atoms with Crippen LogP contribution in [0.1, 0.15) is 13.8 Å². The molecule has 0 aliphatic heterocycles. The Morgan fingerprint density at radius 1 is 1.50 bits per heavy atom. The number of hydrogen-bond acceptors (Lipinski definition) is 4. The van der Waals surface area contributed by atoms with E-state index in [9.17, 15) is 9.59 Å². The van der Waals surface area contributed by atoms with Gasteiger partial charge in [-0.25, -0.2) is 9.78 Å². The van der Waals surface area contributed by atoms with E-state index in [0.717, 1.165) is 0 Å². The molecule has 1 rings (SSSR count). The van der Waals surface area contributed by atoms with Crippen molar-refractivity contribution in [3.63, 3.8) is 0 Å². The molecule has 7 heteroatoms. The Hall–Kier alpha value is -2.31. The standard InChI is InChI=1S/C11H15N3O4/c1-3-18-9-5-4-8(6-12-9)14-11(17)13-7(2)10(15)16/h4-7H,3H2,1-2H3,(H,15,16)(H2,13,14,17)/t7-/m0/s1. The van der Waals surface area contributed by atoms with Gasteiger partial charge < -0.3 is 20.5 Å². The SMILES string of the molecule is CCOc1ccc(NC(=O)N[C@@H](C)C(=O)O)cn1. The van der Waals surface area contributed by atoms with Crippen LogP contribution < -0.4 is 15.4 Å². The van der Waals surface area contributed by atoms with Gasteiger partial charge in [0.25, 0.3) is 0 Å². The van der Waals surface area contributed by atoms with Crippen LogP contribution >= 0.6 is 0 Å². The second-order valence-corrected chi connectivity index (χ2v) is 3.48. The van der Waals surface area contributed by atoms with Gasteiger partial charge in [-0.05, 0) is 19.9 Å². The van der Waals surface area contributed by atoms with E-state index >= 15 is 0 Å². The third-order valence-electron chi connectivity index (χ3n) is 2.00. The molecule has 1 aromatic rings. The number of nitrogens with zero attached hydrogens (tertiary/aromatic N) is 1. The first-order valence-corrected chi connectivity index (χ1v) is 5.42. The Kier molecular flexibility index (Phi) is 4.91. The molecular weight excluding hydrogens is 238 g/mol. The van der Waals surface area contributed by atoms with Crippen molar-refractivity contribution in [3.8, 4) is 5.88 Å². The average Bonchev–Trinajstić information content (AvgIpc) is 2.31. The van der Waals surface area contributed by atoms with E-state index in [1.165, 1.54) is 13.1 Å². The van der Waals surface area contributed by atoms with E-state index in [2.05, 4.69) is 15.6 Å². The number of ether oxygens (including phenoxy) is 1. The largest absolute Gasteiger partial charge is 0.480 e. The fraction of sp³-hybridized carbons (Fsp3) is 0.364. The van der Waals surface area contributed by atoms with Gasteiger partial charge in [0.15, 0.2) is 0 Å². The highest BCUT2D eigenvalue weighted by atomic mass is 16.5. The van der Waals surface area contributed by atoms with Crippen LogP contribution in [0.5, 0.6) is 5.88 Å². The Morgan fingerprint density at radius 3 is 2.72 bits per heavy atom. The molecule has 98 valence electrons. The number of pyridine rings is 1. The van der Waals surface area contributed by atoms with E-state index in [1.54, 1.807) is 12.1 Å². The van der Waals surface area contributed by atoms with E-state index in [-0.39, 0.29) is 0 Å². The minimum atomic E-state index is -1.10. The minimum Gasteiger partial charge on any atom is -0.480 e. The van der Waals surface area contributed by atoms with Gasteiger partial charge in [0.05, 0.1) is 18.5 Å². The van der Waals surface area contributed by atoms with Gasteiger partial charge in [0, 0.05) is 6.07 Å². The lowest BCUT2D eigenvalue weighted by Gasteiger charge is -2.10. The maximum atomic E-state index is 11.4. The molecule has 0 unspecified atom stereocenters. The average molecular weight is 253 g/mol. The summed E-state index contributed by atoms with van der Waals surface area (Å²) in [5.41, 5.74) is 0.452. The van der Waals surface area contributed by atoms with Crippen LogP contribution in [0.25, 0.3) is 0 Å². The predicted octanol–water partition coefficient (Wildman–Crippen LogP) is 1.07. The Balaban J connectivity index is 2.51. The molecule has 1 heterocycles. The van der Waals surface area contributed by atoms with E-state index < -0.39 is 18.0 Å². The zero-order chi connectivity index (χ0) is 13.5. The lowest BCUT2D eigenvalue weighted by Crippen LogP contribution is -2.40. The van der Waals surface area contributed by atoms with Crippen molar-refractivity contribution in [2.24, 2.45) is 0 Å². The molecule has 0 radical (unpaired) electrons. The van der Waals surface area contributed by atoms with Crippen molar-refractivity contribution in [3.05, 3.63) is 18.3 Å². The molecule has 0 saturated carbocycles. The number of urea groups is 1. The maximum Gasteiger partial charge on any atom is 0.325 e. The summed E-state index contributed by atoms with van der Waals surface area (Å²) in [5.74, 6) is -0.641. The summed E-state index contributed by atoms with van der Waals surface area (Å²) in [5, 5.41) is 13.3. The number of aromatic nitrogens is 1. The fourth-order valence-electron chi connectivity index (χ4n) is 1.11. The number of anilines is 1. The summed E-state index contributed by atoms with van der Waals surface area (Å²) in [7, 11) is 0. The van der Waals surface area contributed by atoms with Gasteiger partial charge in [-0.2, -0.15) is 0 Å². The number of nitrogens with one attached hydrogen (secondary N) is 2. The Morgan fingerprint density at radius 2 is 2.22 bits per heavy atom. The number of aliphatic carboxylic acids is 1. The summed E-state index contributed by atoms with van der Waals surface area (Å²) < 4.78 is 5.14. The fourth-order valence-corrected chi connectivity index (χ4v) is 1.11. The molecule has 0 aromatic carbocycles. The van der Waals surface area contributed by atoms with Crippen LogP contribution in [0.4, 0.5) is 10.5 Å². The number of amides is 2. The molecule has 1 aromatic heterocycles. The smallest absolute Gasteiger partial charge is 0.325 e. The van der Waals surface area contributed by atoms with Crippen molar-refractivity contribution in [1.82, 2.24) is 10.3 Å². The molecule has 2 amide bonds. The van der Waals surface area contributed by atoms with Crippen molar-refractivity contribution in [1.29, 1.82) is 0 Å². The van der Waals surface area contributed by atoms with Gasteiger partial charge in [0.1, 0.15) is 6.04 Å². The minimum absolute atomic E-state index is 0.452. The third kappa shape index (κ3) is 4.28. The molecule has 1 atom stereocenters. The van der Waals surface area contributed by atoms with Gasteiger partial charge in [-0.3, -0.25) is 4.79 Å². The Labute approximate surface area is 104 Å². The van der Waals surface area contributed by atoms with Crippen LogP contribution in [0.2, 0.25) is 0 Å². The number of carbonyl (C=O) groups excluding carboxylic acids is 1. The molecule has 0 fully saturated rings. The summed E-state index contributed by atoms with van der Waals surface area (Å²) >= 11 is 0. The number of hydrogen-bond donors (Lipinski definition) is 3. The predicted molar refractivity (Wildman–Crippen MR) is 64.7 cm³/mol. The first-order valence-electron chi connectivity index (χ1n) is 5.42. The molecule has 7 nitrogen and oxygen atoms in total. The molecule has 0 saturated heterocycles. The summed E-state index contributed by atoms with van der Waals surface area (Å²) in [6.45, 7) is 3.73. The van der Waals surface area contributed by atoms with Crippen LogP contribution in [0.15, 0.2) is 18.3 Å². The first kappa shape index (κ1) is 13.8. The summed E-state index contributed by atoms with van der Waals surface area (Å²) in [6.07, 6.45) is 1.43. The first-order chi connectivity index (χ1) is 8.52. The van der Waals surface area contributed by atoms with Crippen LogP contribution in [0.3, 0.4) is 0 Å². The van der Waals surface area contributed by atoms with E-state index in [4.69, 9.17) is 9.84 Å². The number of carbonyl (C=O) groups is 2. The van der Waals surface area contributed by atoms with Crippen molar-refractivity contribution in [2.45, 2.75) is 19.9 Å². The van der Waals surface area contributed by atoms with Crippen molar-refractivity contribution < 1.29 is 19.4 Å². The molecule has 0 bridgehead atoms. The van der Waals surface area contributed by atoms with E-state index in [1.807, 2.05) is 6.92 Å². The molecular formula is C11H15N3O4. The molecule has 0 aliphatic rings. The number of rotatable bonds is 5. The van der Waals surface area contributed by atoms with Gasteiger partial charge in [-0.15, -0.1) is 0 Å². The third-order valence-corrected chi connectivity index (χ3v) is 2.00. The quantitative estimate of drug-likeness (QED) is 0.728. The summed E-state index contributed by atoms with van der Waals surface area (Å²) in [6, 6.07) is 1.67. The van der Waals surface area contributed by atoms with Crippen LogP contribution in [0, 0.1) is 0 Å². The highest BCUT2D eigenvalue weighted by Gasteiger charge is 2.13. The number of carboxylic acid groups (broad SMARTS) is 1. The second kappa shape index (κ2) is 6.43. The highest BCUT2D eigenvalue weighted by molar-refractivity contribution is 5.91. The maximum absolute atomic E-state index is 11.4. The van der Waals surface area contributed by atoms with Gasteiger partial charge in [-0.1, -0.05) is 0 Å². The summed E-state index contributed by atoms with van der Waals surface area (Å²) in [4.78, 5) is 25.9. The van der Waals surface area contributed by atoms with Crippen molar-refractivity contribution >= 4 is 17.7 Å². The van der Waals surface area contributed by atoms with Crippen LogP contribution in [-0.2, 0) is 4.79 Å². The molecule has 3 N–H and O–H groups in total. The monoisotopic (exact) mass is 253 g/mol. The Bertz CT molecular complexity index is 419. The molecule has 0 aliphatic carbocycles. The topological polar surface area (TPSA) is 101 Å². The normalized spacial score (nSPS) is 11.4. The molecule has 18 heavy (non-hydrogen) atoms. The zero-order valence-corrected chi connectivity index (χ0v) is 10.1. The van der Waals surface area contributed by atoms with Gasteiger partial charge >= 0.3 is 12.0 Å².